The molecule has 3 nitrogen and oxygen atoms in total. The molecule has 2 aliphatic heterocycles. The summed E-state index contributed by atoms with van der Waals surface area (Å²) in [6.07, 6.45) is 9.51. The number of rotatable bonds is 3. The Hall–Kier alpha value is -2.91. The van der Waals surface area contributed by atoms with Crippen LogP contribution in [0, 0.1) is 11.8 Å². The number of aromatic nitrogens is 1. The van der Waals surface area contributed by atoms with E-state index < -0.39 is 0 Å². The Morgan fingerprint density at radius 2 is 1.92 bits per heavy atom. The van der Waals surface area contributed by atoms with E-state index in [9.17, 15) is 5.11 Å². The van der Waals surface area contributed by atoms with Gasteiger partial charge in [-0.3, -0.25) is 0 Å². The molecule has 5 unspecified atom stereocenters. The predicted molar refractivity (Wildman–Crippen MR) is 148 cm³/mol. The second-order valence-corrected chi connectivity index (χ2v) is 12.8. The van der Waals surface area contributed by atoms with Crippen molar-refractivity contribution >= 4 is 21.5 Å². The molecule has 0 radical (unpaired) electrons. The van der Waals surface area contributed by atoms with Gasteiger partial charge >= 0.3 is 0 Å². The van der Waals surface area contributed by atoms with E-state index in [1.165, 1.54) is 69.6 Å². The normalized spacial score (nSPS) is 31.1. The highest BCUT2D eigenvalue weighted by Crippen LogP contribution is 2.66. The molecule has 3 aromatic carbocycles. The van der Waals surface area contributed by atoms with Gasteiger partial charge in [0.1, 0.15) is 11.5 Å². The van der Waals surface area contributed by atoms with Gasteiger partial charge in [0, 0.05) is 31.4 Å². The SMILES string of the molecule is CC1CCCC(c2cc3c4c5[n+](ccc4c2)C2(C)CC(CCO)C2(C)c2cc4ccccc4c(c2-5)O3)C1. The Kier molecular flexibility index (Phi) is 4.39. The molecule has 0 amide bonds. The van der Waals surface area contributed by atoms with Crippen LogP contribution >= 0.6 is 0 Å². The quantitative estimate of drug-likeness (QED) is 0.263. The number of aliphatic hydroxyl groups excluding tert-OH is 1. The highest BCUT2D eigenvalue weighted by Gasteiger charge is 2.71. The van der Waals surface area contributed by atoms with Gasteiger partial charge in [0.15, 0.2) is 11.7 Å². The fourth-order valence-electron chi connectivity index (χ4n) is 8.89. The number of ether oxygens (including phenoxy) is 1. The fraction of sp³-hybridized carbons (Fsp3) is 0.441. The van der Waals surface area contributed by atoms with Gasteiger partial charge in [0.05, 0.1) is 16.4 Å². The summed E-state index contributed by atoms with van der Waals surface area (Å²) in [5, 5.41) is 14.9. The van der Waals surface area contributed by atoms with E-state index in [1.807, 2.05) is 0 Å². The molecule has 2 saturated carbocycles. The average Bonchev–Trinajstić information content (AvgIpc) is 2.91. The van der Waals surface area contributed by atoms with Crippen LogP contribution in [0.15, 0.2) is 54.7 Å². The van der Waals surface area contributed by atoms with E-state index >= 15 is 0 Å². The lowest BCUT2D eigenvalue weighted by atomic mass is 9.44. The Morgan fingerprint density at radius 3 is 2.76 bits per heavy atom. The molecule has 5 atom stereocenters. The maximum Gasteiger partial charge on any atom is 0.228 e. The van der Waals surface area contributed by atoms with Gasteiger partial charge in [-0.2, -0.15) is 4.57 Å². The van der Waals surface area contributed by atoms with Crippen molar-refractivity contribution in [3.05, 3.63) is 65.9 Å². The number of aliphatic hydroxyl groups is 1. The maximum atomic E-state index is 9.93. The molecule has 2 aliphatic carbocycles. The molecule has 188 valence electrons. The van der Waals surface area contributed by atoms with E-state index in [2.05, 4.69) is 80.1 Å². The molecule has 0 saturated heterocycles. The van der Waals surface area contributed by atoms with E-state index in [0.717, 1.165) is 30.3 Å². The van der Waals surface area contributed by atoms with Crippen LogP contribution in [-0.4, -0.2) is 11.7 Å². The molecule has 8 rings (SSSR count). The van der Waals surface area contributed by atoms with Crippen LogP contribution < -0.4 is 9.30 Å². The van der Waals surface area contributed by atoms with E-state index in [1.54, 1.807) is 0 Å². The number of benzene rings is 3. The third-order valence-corrected chi connectivity index (χ3v) is 11.0. The fourth-order valence-corrected chi connectivity index (χ4v) is 8.89. The summed E-state index contributed by atoms with van der Waals surface area (Å²) < 4.78 is 9.59. The minimum Gasteiger partial charge on any atom is -0.455 e. The molecule has 4 aliphatic rings. The molecular weight excluding hydrogens is 454 g/mol. The van der Waals surface area contributed by atoms with Crippen molar-refractivity contribution in [3.63, 3.8) is 0 Å². The minimum absolute atomic E-state index is 0.0326. The highest BCUT2D eigenvalue weighted by atomic mass is 16.5. The summed E-state index contributed by atoms with van der Waals surface area (Å²) in [7, 11) is 0. The Morgan fingerprint density at radius 1 is 1.05 bits per heavy atom. The lowest BCUT2D eigenvalue weighted by Gasteiger charge is -2.60. The third kappa shape index (κ3) is 2.64. The zero-order valence-corrected chi connectivity index (χ0v) is 22.2. The molecule has 37 heavy (non-hydrogen) atoms. The van der Waals surface area contributed by atoms with Gasteiger partial charge in [0.2, 0.25) is 5.69 Å². The van der Waals surface area contributed by atoms with E-state index in [-0.39, 0.29) is 17.6 Å². The summed E-state index contributed by atoms with van der Waals surface area (Å²) in [5.74, 6) is 3.91. The monoisotopic (exact) mass is 490 g/mol. The smallest absolute Gasteiger partial charge is 0.228 e. The highest BCUT2D eigenvalue weighted by molar-refractivity contribution is 6.07. The molecule has 1 N–H and O–H groups in total. The van der Waals surface area contributed by atoms with Crippen LogP contribution in [0.4, 0.5) is 0 Å². The largest absolute Gasteiger partial charge is 0.455 e. The number of pyridine rings is 1. The first-order valence-electron chi connectivity index (χ1n) is 14.3. The Bertz CT molecular complexity index is 1620. The molecule has 4 aromatic rings. The van der Waals surface area contributed by atoms with Gasteiger partial charge in [-0.05, 0) is 78.0 Å². The molecule has 1 aromatic heterocycles. The summed E-state index contributed by atoms with van der Waals surface area (Å²) >= 11 is 0. The minimum atomic E-state index is -0.0613. The number of fused-ring (bicyclic) bond motifs is 5. The van der Waals surface area contributed by atoms with Crippen LogP contribution in [-0.2, 0) is 11.0 Å². The molecule has 3 heteroatoms. The molecule has 2 fully saturated rings. The second-order valence-electron chi connectivity index (χ2n) is 12.8. The van der Waals surface area contributed by atoms with Crippen LogP contribution in [0.3, 0.4) is 0 Å². The van der Waals surface area contributed by atoms with Gasteiger partial charge < -0.3 is 9.84 Å². The second kappa shape index (κ2) is 7.35. The summed E-state index contributed by atoms with van der Waals surface area (Å²) in [4.78, 5) is 0. The van der Waals surface area contributed by atoms with Gasteiger partial charge in [-0.15, -0.1) is 0 Å². The first kappa shape index (κ1) is 22.1. The van der Waals surface area contributed by atoms with Crippen LogP contribution in [0.5, 0.6) is 11.5 Å². The third-order valence-electron chi connectivity index (χ3n) is 11.0. The van der Waals surface area contributed by atoms with Crippen molar-refractivity contribution in [2.45, 2.75) is 76.2 Å². The number of nitrogens with zero attached hydrogens (tertiary/aromatic N) is 1. The van der Waals surface area contributed by atoms with Crippen LogP contribution in [0.2, 0.25) is 0 Å². The van der Waals surface area contributed by atoms with Crippen molar-refractivity contribution in [2.24, 2.45) is 11.8 Å². The zero-order chi connectivity index (χ0) is 25.1. The standard InChI is InChI=1S/C34H36NO2/c1-20-7-6-9-21(15-20)24-16-23-11-13-35-31-29(23)28(18-24)37-32-26-10-5-4-8-22(26)17-27(30(31)32)34(3)25(12-14-36)19-33(34,35)2/h4-5,8,10-11,13,16-18,20-21,25,36H,6-7,9,12,14-15,19H2,1-3H3/q+1. The van der Waals surface area contributed by atoms with Crippen molar-refractivity contribution in [2.75, 3.05) is 6.61 Å². The zero-order valence-electron chi connectivity index (χ0n) is 22.2. The lowest BCUT2D eigenvalue weighted by molar-refractivity contribution is -0.781. The van der Waals surface area contributed by atoms with Crippen molar-refractivity contribution < 1.29 is 14.4 Å². The molecule has 0 spiro atoms. The predicted octanol–water partition coefficient (Wildman–Crippen LogP) is 7.74. The number of hydrogen-bond donors (Lipinski definition) is 1. The van der Waals surface area contributed by atoms with Crippen molar-refractivity contribution in [1.82, 2.24) is 0 Å². The van der Waals surface area contributed by atoms with Crippen LogP contribution in [0.1, 0.15) is 76.3 Å². The maximum absolute atomic E-state index is 9.93. The lowest BCUT2D eigenvalue weighted by Crippen LogP contribution is -2.77. The number of hydrogen-bond acceptors (Lipinski definition) is 2. The van der Waals surface area contributed by atoms with Gasteiger partial charge in [-0.1, -0.05) is 50.1 Å². The first-order chi connectivity index (χ1) is 17.9. The summed E-state index contributed by atoms with van der Waals surface area (Å²) in [6.45, 7) is 7.52. The van der Waals surface area contributed by atoms with E-state index in [4.69, 9.17) is 4.74 Å². The topological polar surface area (TPSA) is 33.3 Å². The molecular formula is C34H36NO2+. The van der Waals surface area contributed by atoms with E-state index in [0.29, 0.717) is 11.8 Å². The average molecular weight is 491 g/mol. The van der Waals surface area contributed by atoms with Crippen molar-refractivity contribution in [3.8, 4) is 22.8 Å². The van der Waals surface area contributed by atoms with Crippen LogP contribution in [0.25, 0.3) is 32.8 Å². The summed E-state index contributed by atoms with van der Waals surface area (Å²) in [5.41, 5.74) is 5.36. The van der Waals surface area contributed by atoms with Gasteiger partial charge in [-0.25, -0.2) is 0 Å². The van der Waals surface area contributed by atoms with Gasteiger partial charge in [0.25, 0.3) is 0 Å². The first-order valence-corrected chi connectivity index (χ1v) is 14.3. The molecule has 0 bridgehead atoms. The van der Waals surface area contributed by atoms with Crippen molar-refractivity contribution in [1.29, 1.82) is 0 Å². The Labute approximate surface area is 219 Å². The Balaban J connectivity index is 1.45. The molecule has 3 heterocycles. The summed E-state index contributed by atoms with van der Waals surface area (Å²) in [6, 6.07) is 18.3.